The summed E-state index contributed by atoms with van der Waals surface area (Å²) in [5.74, 6) is 1.69. The molecule has 0 bridgehead atoms. The van der Waals surface area contributed by atoms with Crippen LogP contribution in [0.5, 0.6) is 0 Å². The molecule has 0 aromatic carbocycles. The van der Waals surface area contributed by atoms with Crippen LogP contribution in [0.15, 0.2) is 0 Å². The predicted octanol–water partition coefficient (Wildman–Crippen LogP) is 4.86. The van der Waals surface area contributed by atoms with Crippen LogP contribution in [0, 0.1) is 11.3 Å². The topological polar surface area (TPSA) is 0 Å². The fourth-order valence-corrected chi connectivity index (χ4v) is 2.34. The van der Waals surface area contributed by atoms with E-state index in [0.29, 0.717) is 5.41 Å². The number of rotatable bonds is 7. The monoisotopic (exact) mass is 204 g/mol. The molecule has 0 spiro atoms. The van der Waals surface area contributed by atoms with Crippen molar-refractivity contribution < 1.29 is 0 Å². The maximum atomic E-state index is 6.05. The van der Waals surface area contributed by atoms with Crippen LogP contribution in [0.4, 0.5) is 0 Å². The summed E-state index contributed by atoms with van der Waals surface area (Å²) in [4.78, 5) is 0. The minimum absolute atomic E-state index is 0.382. The van der Waals surface area contributed by atoms with Crippen molar-refractivity contribution in [1.29, 1.82) is 0 Å². The van der Waals surface area contributed by atoms with E-state index in [1.165, 1.54) is 32.1 Å². The van der Waals surface area contributed by atoms with E-state index in [-0.39, 0.29) is 0 Å². The van der Waals surface area contributed by atoms with Gasteiger partial charge in [0.1, 0.15) is 0 Å². The minimum Gasteiger partial charge on any atom is -0.126 e. The first kappa shape index (κ1) is 13.3. The van der Waals surface area contributed by atoms with Crippen LogP contribution in [0.2, 0.25) is 0 Å². The zero-order chi connectivity index (χ0) is 10.3. The van der Waals surface area contributed by atoms with Gasteiger partial charge in [0.15, 0.2) is 0 Å². The highest BCUT2D eigenvalue weighted by molar-refractivity contribution is 6.18. The van der Waals surface area contributed by atoms with E-state index in [9.17, 15) is 0 Å². The highest BCUT2D eigenvalue weighted by Crippen LogP contribution is 2.34. The molecule has 13 heavy (non-hydrogen) atoms. The summed E-state index contributed by atoms with van der Waals surface area (Å²) in [5, 5.41) is 0. The molecule has 0 rings (SSSR count). The lowest BCUT2D eigenvalue weighted by atomic mass is 9.77. The number of hydrogen-bond acceptors (Lipinski definition) is 0. The lowest BCUT2D eigenvalue weighted by Gasteiger charge is -2.30. The Morgan fingerprint density at radius 3 is 2.00 bits per heavy atom. The second-order valence-electron chi connectivity index (χ2n) is 4.58. The van der Waals surface area contributed by atoms with Gasteiger partial charge < -0.3 is 0 Å². The fraction of sp³-hybridized carbons (Fsp3) is 1.00. The molecule has 0 fully saturated rings. The van der Waals surface area contributed by atoms with Gasteiger partial charge in [-0.05, 0) is 24.2 Å². The van der Waals surface area contributed by atoms with E-state index < -0.39 is 0 Å². The second-order valence-corrected chi connectivity index (χ2v) is 4.85. The molecule has 0 aliphatic heterocycles. The highest BCUT2D eigenvalue weighted by atomic mass is 35.5. The van der Waals surface area contributed by atoms with Gasteiger partial charge in [-0.15, -0.1) is 11.6 Å². The van der Waals surface area contributed by atoms with Gasteiger partial charge in [-0.3, -0.25) is 0 Å². The molecule has 1 heteroatoms. The molecule has 80 valence electrons. The van der Waals surface area contributed by atoms with Crippen molar-refractivity contribution in [2.24, 2.45) is 11.3 Å². The Labute approximate surface area is 89.1 Å². The summed E-state index contributed by atoms with van der Waals surface area (Å²) in [6.07, 6.45) is 6.42. The van der Waals surface area contributed by atoms with Crippen molar-refractivity contribution in [3.8, 4) is 0 Å². The van der Waals surface area contributed by atoms with E-state index >= 15 is 0 Å². The molecular formula is C12H25Cl. The van der Waals surface area contributed by atoms with Crippen molar-refractivity contribution in [2.45, 2.75) is 59.8 Å². The largest absolute Gasteiger partial charge is 0.126 e. The maximum absolute atomic E-state index is 6.05. The zero-order valence-electron chi connectivity index (χ0n) is 9.70. The van der Waals surface area contributed by atoms with E-state index in [2.05, 4.69) is 27.7 Å². The standard InChI is InChI=1S/C12H25Cl/c1-5-8-12(4,10-13)9-11(6-2)7-3/h11H,5-10H2,1-4H3. The third kappa shape index (κ3) is 4.90. The third-order valence-electron chi connectivity index (χ3n) is 3.11. The number of alkyl halides is 1. The fourth-order valence-electron chi connectivity index (χ4n) is 2.10. The Hall–Kier alpha value is 0.290. The predicted molar refractivity (Wildman–Crippen MR) is 62.4 cm³/mol. The SMILES string of the molecule is CCCC(C)(CCl)CC(CC)CC. The molecule has 0 heterocycles. The normalized spacial score (nSPS) is 16.2. The molecule has 0 aromatic rings. The minimum atomic E-state index is 0.382. The van der Waals surface area contributed by atoms with Gasteiger partial charge >= 0.3 is 0 Å². The zero-order valence-corrected chi connectivity index (χ0v) is 10.5. The summed E-state index contributed by atoms with van der Waals surface area (Å²) in [7, 11) is 0. The third-order valence-corrected chi connectivity index (χ3v) is 3.76. The quantitative estimate of drug-likeness (QED) is 0.520. The van der Waals surface area contributed by atoms with E-state index in [1.54, 1.807) is 0 Å². The highest BCUT2D eigenvalue weighted by Gasteiger charge is 2.24. The smallest absolute Gasteiger partial charge is 0.0277 e. The van der Waals surface area contributed by atoms with E-state index in [0.717, 1.165) is 11.8 Å². The summed E-state index contributed by atoms with van der Waals surface area (Å²) in [6, 6.07) is 0. The van der Waals surface area contributed by atoms with Crippen molar-refractivity contribution in [2.75, 3.05) is 5.88 Å². The lowest BCUT2D eigenvalue weighted by Crippen LogP contribution is -2.22. The van der Waals surface area contributed by atoms with Crippen molar-refractivity contribution in [1.82, 2.24) is 0 Å². The molecule has 0 saturated heterocycles. The van der Waals surface area contributed by atoms with Crippen molar-refractivity contribution in [3.63, 3.8) is 0 Å². The molecule has 0 aliphatic carbocycles. The number of hydrogen-bond donors (Lipinski definition) is 0. The Balaban J connectivity index is 4.07. The average molecular weight is 205 g/mol. The Morgan fingerprint density at radius 1 is 1.15 bits per heavy atom. The molecule has 1 unspecified atom stereocenters. The van der Waals surface area contributed by atoms with Gasteiger partial charge in [-0.2, -0.15) is 0 Å². The summed E-state index contributed by atoms with van der Waals surface area (Å²) in [6.45, 7) is 9.16. The van der Waals surface area contributed by atoms with Crippen LogP contribution in [0.3, 0.4) is 0 Å². The molecule has 0 amide bonds. The number of halogens is 1. The van der Waals surface area contributed by atoms with Crippen LogP contribution in [0.25, 0.3) is 0 Å². The molecule has 0 radical (unpaired) electrons. The van der Waals surface area contributed by atoms with E-state index in [4.69, 9.17) is 11.6 Å². The molecule has 0 aliphatic rings. The van der Waals surface area contributed by atoms with Crippen LogP contribution in [-0.4, -0.2) is 5.88 Å². The molecule has 0 N–H and O–H groups in total. The van der Waals surface area contributed by atoms with Crippen LogP contribution in [0.1, 0.15) is 59.8 Å². The Bertz CT molecular complexity index is 118. The summed E-state index contributed by atoms with van der Waals surface area (Å²) >= 11 is 6.05. The second kappa shape index (κ2) is 6.70. The first-order valence-corrected chi connectivity index (χ1v) is 6.21. The van der Waals surface area contributed by atoms with Crippen molar-refractivity contribution in [3.05, 3.63) is 0 Å². The molecule has 0 saturated carbocycles. The van der Waals surface area contributed by atoms with Crippen LogP contribution >= 0.6 is 11.6 Å². The molecule has 0 aromatic heterocycles. The lowest BCUT2D eigenvalue weighted by molar-refractivity contribution is 0.241. The average Bonchev–Trinajstić information content (AvgIpc) is 2.15. The Kier molecular flexibility index (Phi) is 6.85. The van der Waals surface area contributed by atoms with E-state index in [1.807, 2.05) is 0 Å². The molecule has 1 atom stereocenters. The van der Waals surface area contributed by atoms with Crippen LogP contribution < -0.4 is 0 Å². The van der Waals surface area contributed by atoms with Gasteiger partial charge in [-0.1, -0.05) is 47.0 Å². The maximum Gasteiger partial charge on any atom is 0.0277 e. The molecule has 0 nitrogen and oxygen atoms in total. The first-order valence-electron chi connectivity index (χ1n) is 5.67. The van der Waals surface area contributed by atoms with Gasteiger partial charge in [0.05, 0.1) is 0 Å². The van der Waals surface area contributed by atoms with Gasteiger partial charge in [0, 0.05) is 5.88 Å². The van der Waals surface area contributed by atoms with Gasteiger partial charge in [0.25, 0.3) is 0 Å². The van der Waals surface area contributed by atoms with Gasteiger partial charge in [-0.25, -0.2) is 0 Å². The summed E-state index contributed by atoms with van der Waals surface area (Å²) < 4.78 is 0. The van der Waals surface area contributed by atoms with Gasteiger partial charge in [0.2, 0.25) is 0 Å². The molecular weight excluding hydrogens is 180 g/mol. The van der Waals surface area contributed by atoms with Crippen molar-refractivity contribution >= 4 is 11.6 Å². The first-order chi connectivity index (χ1) is 6.11. The summed E-state index contributed by atoms with van der Waals surface area (Å²) in [5.41, 5.74) is 0.382. The van der Waals surface area contributed by atoms with Crippen LogP contribution in [-0.2, 0) is 0 Å². The Morgan fingerprint density at radius 2 is 1.69 bits per heavy atom.